The summed E-state index contributed by atoms with van der Waals surface area (Å²) >= 11 is 0. The first-order valence-electron chi connectivity index (χ1n) is 8.15. The summed E-state index contributed by atoms with van der Waals surface area (Å²) in [4.78, 5) is 22.6. The predicted octanol–water partition coefficient (Wildman–Crippen LogP) is 1.51. The summed E-state index contributed by atoms with van der Waals surface area (Å²) in [5.74, 6) is -0.227. The molecule has 26 heavy (non-hydrogen) atoms. The number of methoxy groups -OCH3 is 1. The molecule has 0 spiro atoms. The minimum absolute atomic E-state index is 0.00897. The van der Waals surface area contributed by atoms with E-state index in [0.717, 1.165) is 18.3 Å². The Morgan fingerprint density at radius 3 is 3.04 bits per heavy atom. The van der Waals surface area contributed by atoms with Crippen LogP contribution in [0.25, 0.3) is 0 Å². The highest BCUT2D eigenvalue weighted by Crippen LogP contribution is 2.24. The summed E-state index contributed by atoms with van der Waals surface area (Å²) in [7, 11) is 1.66. The molecular weight excluding hydrogens is 337 g/mol. The Balaban J connectivity index is 1.69. The van der Waals surface area contributed by atoms with Crippen molar-refractivity contribution in [2.24, 2.45) is 0 Å². The maximum absolute atomic E-state index is 13.4. The Kier molecular flexibility index (Phi) is 5.39. The molecule has 1 aromatic carbocycles. The van der Waals surface area contributed by atoms with Gasteiger partial charge in [0.1, 0.15) is 24.0 Å². The van der Waals surface area contributed by atoms with E-state index in [4.69, 9.17) is 10.00 Å². The third-order valence-electron chi connectivity index (χ3n) is 4.42. The predicted molar refractivity (Wildman–Crippen MR) is 92.0 cm³/mol. The summed E-state index contributed by atoms with van der Waals surface area (Å²) < 4.78 is 18.9. The van der Waals surface area contributed by atoms with Gasteiger partial charge < -0.3 is 15.0 Å². The van der Waals surface area contributed by atoms with Gasteiger partial charge in [-0.25, -0.2) is 14.4 Å². The van der Waals surface area contributed by atoms with Crippen LogP contribution in [0.1, 0.15) is 22.3 Å². The van der Waals surface area contributed by atoms with Gasteiger partial charge in [0.25, 0.3) is 5.91 Å². The topological polar surface area (TPSA) is 91.1 Å². The summed E-state index contributed by atoms with van der Waals surface area (Å²) in [5, 5.41) is 11.7. The smallest absolute Gasteiger partial charge is 0.251 e. The number of aromatic nitrogens is 2. The molecule has 0 bridgehead atoms. The number of ether oxygens (including phenoxy) is 1. The highest BCUT2D eigenvalue weighted by atomic mass is 19.1. The van der Waals surface area contributed by atoms with Crippen LogP contribution < -0.4 is 10.2 Å². The Morgan fingerprint density at radius 2 is 2.35 bits per heavy atom. The molecule has 0 aliphatic carbocycles. The highest BCUT2D eigenvalue weighted by Gasteiger charge is 2.33. The molecule has 0 unspecified atom stereocenters. The number of nitrogens with one attached hydrogen (secondary N) is 1. The number of benzene rings is 1. The fraction of sp³-hybridized carbons (Fsp3) is 0.333. The number of carbonyl (C=O) groups is 1. The van der Waals surface area contributed by atoms with Gasteiger partial charge in [0.15, 0.2) is 0 Å². The fourth-order valence-electron chi connectivity index (χ4n) is 3.04. The second-order valence-corrected chi connectivity index (χ2v) is 5.98. The molecule has 0 radical (unpaired) electrons. The van der Waals surface area contributed by atoms with Crippen LogP contribution >= 0.6 is 0 Å². The van der Waals surface area contributed by atoms with Gasteiger partial charge in [-0.1, -0.05) is 0 Å². The van der Waals surface area contributed by atoms with Crippen molar-refractivity contribution in [2.75, 3.05) is 25.1 Å². The Labute approximate surface area is 150 Å². The number of hydrogen-bond donors (Lipinski definition) is 1. The molecule has 8 heteroatoms. The molecule has 7 nitrogen and oxygen atoms in total. The lowest BCUT2D eigenvalue weighted by atomic mass is 10.1. The number of nitriles is 1. The molecule has 1 N–H and O–H groups in total. The Hall–Kier alpha value is -3.05. The normalized spacial score (nSPS) is 19.2. The van der Waals surface area contributed by atoms with Crippen LogP contribution in [-0.4, -0.2) is 48.2 Å². The van der Waals surface area contributed by atoms with Gasteiger partial charge in [0.2, 0.25) is 0 Å². The number of nitrogens with zero attached hydrogens (tertiary/aromatic N) is 4. The zero-order valence-electron chi connectivity index (χ0n) is 14.2. The molecular formula is C18H18FN5O2. The SMILES string of the molecule is CO[C@@H]1C[C@H](CNC(=O)c2ccc(F)c(C#N)c2)N(c2ccncn2)C1. The van der Waals surface area contributed by atoms with Crippen molar-refractivity contribution in [2.45, 2.75) is 18.6 Å². The van der Waals surface area contributed by atoms with Gasteiger partial charge in [-0.2, -0.15) is 5.26 Å². The molecule has 2 aromatic rings. The fourth-order valence-corrected chi connectivity index (χ4v) is 3.04. The Morgan fingerprint density at radius 1 is 1.50 bits per heavy atom. The van der Waals surface area contributed by atoms with E-state index in [9.17, 15) is 9.18 Å². The number of halogens is 1. The van der Waals surface area contributed by atoms with Crippen LogP contribution in [0.5, 0.6) is 0 Å². The third-order valence-corrected chi connectivity index (χ3v) is 4.42. The largest absolute Gasteiger partial charge is 0.380 e. The van der Waals surface area contributed by atoms with Gasteiger partial charge in [0.05, 0.1) is 17.7 Å². The van der Waals surface area contributed by atoms with Gasteiger partial charge in [-0.3, -0.25) is 4.79 Å². The lowest BCUT2D eigenvalue weighted by molar-refractivity contribution is 0.0946. The van der Waals surface area contributed by atoms with Gasteiger partial charge >= 0.3 is 0 Å². The van der Waals surface area contributed by atoms with Gasteiger partial charge in [-0.05, 0) is 30.7 Å². The molecule has 1 amide bonds. The van der Waals surface area contributed by atoms with Crippen molar-refractivity contribution in [3.8, 4) is 6.07 Å². The van der Waals surface area contributed by atoms with Crippen LogP contribution in [0.2, 0.25) is 0 Å². The molecule has 2 atom stereocenters. The summed E-state index contributed by atoms with van der Waals surface area (Å²) in [6.07, 6.45) is 3.93. The molecule has 1 aromatic heterocycles. The van der Waals surface area contributed by atoms with Crippen molar-refractivity contribution in [3.05, 3.63) is 53.7 Å². The average molecular weight is 355 g/mol. The molecule has 1 fully saturated rings. The van der Waals surface area contributed by atoms with E-state index in [0.29, 0.717) is 13.1 Å². The average Bonchev–Trinajstić information content (AvgIpc) is 3.10. The molecule has 3 rings (SSSR count). The molecule has 0 saturated carbocycles. The zero-order chi connectivity index (χ0) is 18.5. The van der Waals surface area contributed by atoms with Gasteiger partial charge in [0, 0.05) is 32.0 Å². The monoisotopic (exact) mass is 355 g/mol. The molecule has 1 aliphatic rings. The second kappa shape index (κ2) is 7.89. The van der Waals surface area contributed by atoms with Crippen molar-refractivity contribution in [1.82, 2.24) is 15.3 Å². The summed E-state index contributed by atoms with van der Waals surface area (Å²) in [6, 6.07) is 7.29. The lowest BCUT2D eigenvalue weighted by Gasteiger charge is -2.25. The number of amides is 1. The van der Waals surface area contributed by atoms with Crippen molar-refractivity contribution in [3.63, 3.8) is 0 Å². The number of rotatable bonds is 5. The van der Waals surface area contributed by atoms with Gasteiger partial charge in [-0.15, -0.1) is 0 Å². The lowest BCUT2D eigenvalue weighted by Crippen LogP contribution is -2.40. The van der Waals surface area contributed by atoms with E-state index in [-0.39, 0.29) is 29.2 Å². The van der Waals surface area contributed by atoms with E-state index in [1.165, 1.54) is 18.5 Å². The maximum atomic E-state index is 13.4. The quantitative estimate of drug-likeness (QED) is 0.874. The zero-order valence-corrected chi connectivity index (χ0v) is 14.2. The number of carbonyl (C=O) groups excluding carboxylic acids is 1. The second-order valence-electron chi connectivity index (χ2n) is 5.98. The van der Waals surface area contributed by atoms with E-state index in [1.54, 1.807) is 19.4 Å². The number of anilines is 1. The Bertz CT molecular complexity index is 824. The minimum atomic E-state index is -0.641. The minimum Gasteiger partial charge on any atom is -0.380 e. The van der Waals surface area contributed by atoms with Crippen LogP contribution in [0.15, 0.2) is 36.8 Å². The molecule has 2 heterocycles. The summed E-state index contributed by atoms with van der Waals surface area (Å²) in [5.41, 5.74) is 0.0957. The van der Waals surface area contributed by atoms with Crippen LogP contribution in [0.3, 0.4) is 0 Å². The van der Waals surface area contributed by atoms with E-state index in [2.05, 4.69) is 20.2 Å². The first-order valence-corrected chi connectivity index (χ1v) is 8.15. The number of hydrogen-bond acceptors (Lipinski definition) is 6. The first kappa shape index (κ1) is 17.8. The van der Waals surface area contributed by atoms with Crippen molar-refractivity contribution in [1.29, 1.82) is 5.26 Å². The maximum Gasteiger partial charge on any atom is 0.251 e. The third kappa shape index (κ3) is 3.78. The van der Waals surface area contributed by atoms with E-state index in [1.807, 2.05) is 6.07 Å². The standard InChI is InChI=1S/C18H18FN5O2/c1-26-15-7-14(24(10-15)17-4-5-21-11-23-17)9-22-18(25)12-2-3-16(19)13(6-12)8-20/h2-6,11,14-15H,7,9-10H2,1H3,(H,22,25)/t14-,15-/m1/s1. The highest BCUT2D eigenvalue weighted by molar-refractivity contribution is 5.94. The van der Waals surface area contributed by atoms with Crippen LogP contribution in [0.4, 0.5) is 10.2 Å². The van der Waals surface area contributed by atoms with Crippen molar-refractivity contribution < 1.29 is 13.9 Å². The van der Waals surface area contributed by atoms with Crippen LogP contribution in [-0.2, 0) is 4.74 Å². The van der Waals surface area contributed by atoms with E-state index < -0.39 is 5.82 Å². The molecule has 1 saturated heterocycles. The van der Waals surface area contributed by atoms with Crippen molar-refractivity contribution >= 4 is 11.7 Å². The summed E-state index contributed by atoms with van der Waals surface area (Å²) in [6.45, 7) is 1.05. The molecule has 134 valence electrons. The van der Waals surface area contributed by atoms with Crippen LogP contribution in [0, 0.1) is 17.1 Å². The molecule has 1 aliphatic heterocycles. The first-order chi connectivity index (χ1) is 12.6. The van der Waals surface area contributed by atoms with E-state index >= 15 is 0 Å².